The Labute approximate surface area is 136 Å². The summed E-state index contributed by atoms with van der Waals surface area (Å²) in [5.74, 6) is -0.205. The maximum atomic E-state index is 12.5. The second-order valence-electron chi connectivity index (χ2n) is 5.36. The highest BCUT2D eigenvalue weighted by Crippen LogP contribution is 2.09. The van der Waals surface area contributed by atoms with Crippen LogP contribution in [0.1, 0.15) is 33.5 Å². The second-order valence-corrected chi connectivity index (χ2v) is 5.36. The topological polar surface area (TPSA) is 56.5 Å². The number of benzene rings is 2. The molecule has 0 saturated carbocycles. The van der Waals surface area contributed by atoms with E-state index in [4.69, 9.17) is 5.26 Å². The van der Waals surface area contributed by atoms with Gasteiger partial charge in [-0.3, -0.25) is 4.79 Å². The Hall–Kier alpha value is -2.93. The molecule has 4 heteroatoms. The number of aryl methyl sites for hydroxylation is 2. The van der Waals surface area contributed by atoms with Crippen LogP contribution in [0.15, 0.2) is 53.6 Å². The summed E-state index contributed by atoms with van der Waals surface area (Å²) in [6.45, 7) is 4.25. The van der Waals surface area contributed by atoms with E-state index >= 15 is 0 Å². The third kappa shape index (κ3) is 4.79. The molecule has 0 radical (unpaired) electrons. The predicted molar refractivity (Wildman–Crippen MR) is 91.2 cm³/mol. The van der Waals surface area contributed by atoms with Gasteiger partial charge in [-0.15, -0.1) is 0 Å². The van der Waals surface area contributed by atoms with Crippen molar-refractivity contribution in [1.82, 2.24) is 5.01 Å². The molecular weight excluding hydrogens is 286 g/mol. The lowest BCUT2D eigenvalue weighted by Crippen LogP contribution is -2.27. The Morgan fingerprint density at radius 1 is 1.09 bits per heavy atom. The standard InChI is InChI=1S/C19H19N3O/c1-15-4-8-17(9-5-15)14-21-22(13-3-12-20)19(23)18-10-6-16(2)7-11-18/h4-11,14H,3,13H2,1-2H3. The van der Waals surface area contributed by atoms with Gasteiger partial charge in [-0.2, -0.15) is 10.4 Å². The fourth-order valence-electron chi connectivity index (χ4n) is 2.00. The average molecular weight is 305 g/mol. The highest BCUT2D eigenvalue weighted by atomic mass is 16.2. The number of amides is 1. The Balaban J connectivity index is 2.18. The number of nitriles is 1. The molecule has 0 fully saturated rings. The molecule has 0 atom stereocenters. The normalized spacial score (nSPS) is 10.5. The average Bonchev–Trinajstić information content (AvgIpc) is 2.56. The lowest BCUT2D eigenvalue weighted by Gasteiger charge is -2.15. The minimum absolute atomic E-state index is 0.205. The van der Waals surface area contributed by atoms with Crippen LogP contribution in [0.4, 0.5) is 0 Å². The maximum Gasteiger partial charge on any atom is 0.273 e. The van der Waals surface area contributed by atoms with Crippen LogP contribution in [0.25, 0.3) is 0 Å². The molecular formula is C19H19N3O. The van der Waals surface area contributed by atoms with E-state index in [0.717, 1.165) is 11.1 Å². The van der Waals surface area contributed by atoms with Crippen LogP contribution in [-0.2, 0) is 0 Å². The molecule has 0 N–H and O–H groups in total. The van der Waals surface area contributed by atoms with Gasteiger partial charge in [0.15, 0.2) is 0 Å². The Morgan fingerprint density at radius 3 is 2.22 bits per heavy atom. The first-order valence-electron chi connectivity index (χ1n) is 7.46. The van der Waals surface area contributed by atoms with Gasteiger partial charge >= 0.3 is 0 Å². The van der Waals surface area contributed by atoms with Crippen molar-refractivity contribution in [2.24, 2.45) is 5.10 Å². The number of hydrazone groups is 1. The number of rotatable bonds is 5. The molecule has 116 valence electrons. The van der Waals surface area contributed by atoms with Crippen molar-refractivity contribution in [2.45, 2.75) is 20.3 Å². The number of carbonyl (C=O) groups is 1. The van der Waals surface area contributed by atoms with Crippen molar-refractivity contribution in [1.29, 1.82) is 5.26 Å². The molecule has 0 aliphatic carbocycles. The van der Waals surface area contributed by atoms with Crippen molar-refractivity contribution in [2.75, 3.05) is 6.54 Å². The lowest BCUT2D eigenvalue weighted by atomic mass is 10.1. The lowest BCUT2D eigenvalue weighted by molar-refractivity contribution is 0.0765. The zero-order valence-corrected chi connectivity index (χ0v) is 13.4. The minimum Gasteiger partial charge on any atom is -0.267 e. The van der Waals surface area contributed by atoms with Gasteiger partial charge in [0.2, 0.25) is 0 Å². The molecule has 0 saturated heterocycles. The first-order chi connectivity index (χ1) is 11.1. The Bertz CT molecular complexity index is 725. The summed E-state index contributed by atoms with van der Waals surface area (Å²) in [5.41, 5.74) is 3.73. The fraction of sp³-hybridized carbons (Fsp3) is 0.211. The number of nitrogens with zero attached hydrogens (tertiary/aromatic N) is 3. The molecule has 2 aromatic rings. The molecule has 0 aromatic heterocycles. The third-order valence-corrected chi connectivity index (χ3v) is 3.39. The van der Waals surface area contributed by atoms with Crippen molar-refractivity contribution in [3.8, 4) is 6.07 Å². The molecule has 4 nitrogen and oxygen atoms in total. The van der Waals surface area contributed by atoms with Crippen LogP contribution in [0, 0.1) is 25.2 Å². The van der Waals surface area contributed by atoms with E-state index in [-0.39, 0.29) is 18.9 Å². The van der Waals surface area contributed by atoms with E-state index in [9.17, 15) is 4.79 Å². The summed E-state index contributed by atoms with van der Waals surface area (Å²) in [7, 11) is 0. The molecule has 0 aliphatic heterocycles. The monoisotopic (exact) mass is 305 g/mol. The molecule has 0 aliphatic rings. The van der Waals surface area contributed by atoms with Crippen molar-refractivity contribution >= 4 is 12.1 Å². The molecule has 0 bridgehead atoms. The largest absolute Gasteiger partial charge is 0.273 e. The van der Waals surface area contributed by atoms with Gasteiger partial charge < -0.3 is 0 Å². The van der Waals surface area contributed by atoms with Gasteiger partial charge in [-0.1, -0.05) is 47.5 Å². The minimum atomic E-state index is -0.205. The van der Waals surface area contributed by atoms with E-state index < -0.39 is 0 Å². The quantitative estimate of drug-likeness (QED) is 0.625. The summed E-state index contributed by atoms with van der Waals surface area (Å²) in [6, 6.07) is 17.2. The SMILES string of the molecule is Cc1ccc(C=NN(CCC#N)C(=O)c2ccc(C)cc2)cc1. The van der Waals surface area contributed by atoms with Gasteiger partial charge in [0.25, 0.3) is 5.91 Å². The summed E-state index contributed by atoms with van der Waals surface area (Å²) >= 11 is 0. The highest BCUT2D eigenvalue weighted by Gasteiger charge is 2.14. The fourth-order valence-corrected chi connectivity index (χ4v) is 2.00. The zero-order chi connectivity index (χ0) is 16.7. The van der Waals surface area contributed by atoms with Crippen LogP contribution in [-0.4, -0.2) is 23.7 Å². The van der Waals surface area contributed by atoms with Crippen molar-refractivity contribution in [3.05, 3.63) is 70.8 Å². The second kappa shape index (κ2) is 7.90. The first-order valence-corrected chi connectivity index (χ1v) is 7.46. The molecule has 0 spiro atoms. The molecule has 2 rings (SSSR count). The van der Waals surface area contributed by atoms with E-state index in [2.05, 4.69) is 11.2 Å². The van der Waals surface area contributed by atoms with Gasteiger partial charge in [0, 0.05) is 5.56 Å². The summed E-state index contributed by atoms with van der Waals surface area (Å²) in [5, 5.41) is 14.4. The number of hydrogen-bond acceptors (Lipinski definition) is 3. The maximum absolute atomic E-state index is 12.5. The van der Waals surface area contributed by atoms with E-state index in [1.54, 1.807) is 18.3 Å². The van der Waals surface area contributed by atoms with Gasteiger partial charge in [0.05, 0.1) is 25.2 Å². The number of carbonyl (C=O) groups excluding carboxylic acids is 1. The van der Waals surface area contributed by atoms with E-state index in [1.165, 1.54) is 10.6 Å². The molecule has 0 unspecified atom stereocenters. The van der Waals surface area contributed by atoms with Crippen LogP contribution in [0.2, 0.25) is 0 Å². The molecule has 23 heavy (non-hydrogen) atoms. The zero-order valence-electron chi connectivity index (χ0n) is 13.4. The number of hydrogen-bond donors (Lipinski definition) is 0. The smallest absolute Gasteiger partial charge is 0.267 e. The van der Waals surface area contributed by atoms with Crippen molar-refractivity contribution in [3.63, 3.8) is 0 Å². The molecule has 1 amide bonds. The summed E-state index contributed by atoms with van der Waals surface area (Å²) in [6.07, 6.45) is 1.88. The first kappa shape index (κ1) is 16.4. The molecule has 0 heterocycles. The van der Waals surface area contributed by atoms with Gasteiger partial charge in [-0.25, -0.2) is 5.01 Å². The van der Waals surface area contributed by atoms with Gasteiger partial charge in [0.1, 0.15) is 0 Å². The van der Waals surface area contributed by atoms with Crippen LogP contribution < -0.4 is 0 Å². The Morgan fingerprint density at radius 2 is 1.65 bits per heavy atom. The summed E-state index contributed by atoms with van der Waals surface area (Å²) < 4.78 is 0. The van der Waals surface area contributed by atoms with Crippen molar-refractivity contribution < 1.29 is 4.79 Å². The third-order valence-electron chi connectivity index (χ3n) is 3.39. The van der Waals surface area contributed by atoms with Crippen LogP contribution in [0.5, 0.6) is 0 Å². The highest BCUT2D eigenvalue weighted by molar-refractivity contribution is 5.95. The Kier molecular flexibility index (Phi) is 5.65. The van der Waals surface area contributed by atoms with Crippen LogP contribution in [0.3, 0.4) is 0 Å². The predicted octanol–water partition coefficient (Wildman–Crippen LogP) is 3.69. The summed E-state index contributed by atoms with van der Waals surface area (Å²) in [4.78, 5) is 12.5. The van der Waals surface area contributed by atoms with Crippen LogP contribution >= 0.6 is 0 Å². The van der Waals surface area contributed by atoms with Gasteiger partial charge in [-0.05, 0) is 31.5 Å². The van der Waals surface area contributed by atoms with E-state index in [0.29, 0.717) is 5.56 Å². The van der Waals surface area contributed by atoms with E-state index in [1.807, 2.05) is 50.2 Å². The molecule has 2 aromatic carbocycles.